The van der Waals surface area contributed by atoms with E-state index in [0.717, 1.165) is 43.3 Å². The highest BCUT2D eigenvalue weighted by molar-refractivity contribution is 5.66. The third kappa shape index (κ3) is 2.07. The Morgan fingerprint density at radius 2 is 1.94 bits per heavy atom. The van der Waals surface area contributed by atoms with Crippen molar-refractivity contribution in [2.45, 2.75) is 32.7 Å². The first-order valence-corrected chi connectivity index (χ1v) is 6.64. The molecule has 2 rings (SSSR count). The molecule has 1 fully saturated rings. The Morgan fingerprint density at radius 3 is 2.44 bits per heavy atom. The molecule has 0 radical (unpaired) electrons. The standard InChI is InChI=1S/C13H25N5/c1-6-10-11(14)12(17(5)15-10)18-8-7-16(4)13(2,3)9-18/h6-9,14H2,1-5H3. The second-order valence-electron chi connectivity index (χ2n) is 5.82. The van der Waals surface area contributed by atoms with Gasteiger partial charge >= 0.3 is 0 Å². The van der Waals surface area contributed by atoms with Crippen LogP contribution in [0.3, 0.4) is 0 Å². The normalized spacial score (nSPS) is 20.4. The number of anilines is 2. The van der Waals surface area contributed by atoms with Crippen LogP contribution in [-0.4, -0.2) is 46.9 Å². The van der Waals surface area contributed by atoms with Gasteiger partial charge in [-0.05, 0) is 27.3 Å². The van der Waals surface area contributed by atoms with Gasteiger partial charge in [-0.1, -0.05) is 6.92 Å². The van der Waals surface area contributed by atoms with Crippen LogP contribution in [0.4, 0.5) is 11.5 Å². The van der Waals surface area contributed by atoms with Crippen LogP contribution in [0, 0.1) is 0 Å². The predicted molar refractivity (Wildman–Crippen MR) is 75.9 cm³/mol. The molecule has 0 saturated carbocycles. The molecule has 0 aromatic carbocycles. The molecule has 0 unspecified atom stereocenters. The first kappa shape index (κ1) is 13.2. The van der Waals surface area contributed by atoms with Crippen LogP contribution in [-0.2, 0) is 13.5 Å². The van der Waals surface area contributed by atoms with E-state index in [1.54, 1.807) is 0 Å². The predicted octanol–water partition coefficient (Wildman–Crippen LogP) is 1.10. The lowest BCUT2D eigenvalue weighted by molar-refractivity contribution is 0.138. The van der Waals surface area contributed by atoms with Gasteiger partial charge in [-0.15, -0.1) is 0 Å². The fourth-order valence-corrected chi connectivity index (χ4v) is 2.64. The van der Waals surface area contributed by atoms with E-state index in [2.05, 4.69) is 42.7 Å². The summed E-state index contributed by atoms with van der Waals surface area (Å²) in [6.45, 7) is 9.68. The molecule has 0 spiro atoms. The maximum atomic E-state index is 6.23. The molecule has 0 bridgehead atoms. The second-order valence-corrected chi connectivity index (χ2v) is 5.82. The smallest absolute Gasteiger partial charge is 0.150 e. The Morgan fingerprint density at radius 1 is 1.28 bits per heavy atom. The average molecular weight is 251 g/mol. The molecule has 1 aliphatic heterocycles. The Hall–Kier alpha value is -1.23. The van der Waals surface area contributed by atoms with Gasteiger partial charge in [-0.2, -0.15) is 5.10 Å². The van der Waals surface area contributed by atoms with E-state index in [-0.39, 0.29) is 5.54 Å². The molecule has 18 heavy (non-hydrogen) atoms. The first-order valence-electron chi connectivity index (χ1n) is 6.64. The molecular weight excluding hydrogens is 226 g/mol. The molecule has 1 aliphatic rings. The summed E-state index contributed by atoms with van der Waals surface area (Å²) in [5.41, 5.74) is 8.25. The van der Waals surface area contributed by atoms with Gasteiger partial charge in [-0.3, -0.25) is 9.58 Å². The summed E-state index contributed by atoms with van der Waals surface area (Å²) < 4.78 is 1.93. The van der Waals surface area contributed by atoms with Crippen molar-refractivity contribution in [2.24, 2.45) is 7.05 Å². The first-order chi connectivity index (χ1) is 8.36. The Labute approximate surface area is 110 Å². The van der Waals surface area contributed by atoms with Crippen LogP contribution in [0.25, 0.3) is 0 Å². The topological polar surface area (TPSA) is 50.3 Å². The van der Waals surface area contributed by atoms with Crippen molar-refractivity contribution in [1.29, 1.82) is 0 Å². The Kier molecular flexibility index (Phi) is 3.27. The van der Waals surface area contributed by atoms with E-state index in [1.165, 1.54) is 0 Å². The molecular formula is C13H25N5. The van der Waals surface area contributed by atoms with Crippen molar-refractivity contribution >= 4 is 11.5 Å². The zero-order valence-electron chi connectivity index (χ0n) is 12.2. The summed E-state index contributed by atoms with van der Waals surface area (Å²) in [5, 5.41) is 4.51. The van der Waals surface area contributed by atoms with Crippen LogP contribution in [0.15, 0.2) is 0 Å². The van der Waals surface area contributed by atoms with Crippen LogP contribution >= 0.6 is 0 Å². The highest BCUT2D eigenvalue weighted by atomic mass is 15.4. The van der Waals surface area contributed by atoms with E-state index in [1.807, 2.05) is 11.7 Å². The Bertz CT molecular complexity index is 435. The molecule has 5 heteroatoms. The van der Waals surface area contributed by atoms with Crippen molar-refractivity contribution in [2.75, 3.05) is 37.3 Å². The summed E-state index contributed by atoms with van der Waals surface area (Å²) in [6.07, 6.45) is 0.886. The van der Waals surface area contributed by atoms with E-state index in [4.69, 9.17) is 5.73 Å². The van der Waals surface area contributed by atoms with Crippen LogP contribution in [0.2, 0.25) is 0 Å². The zero-order valence-corrected chi connectivity index (χ0v) is 12.2. The minimum absolute atomic E-state index is 0.168. The number of likely N-dealkylation sites (N-methyl/N-ethyl adjacent to an activating group) is 1. The lowest BCUT2D eigenvalue weighted by atomic mass is 9.99. The fraction of sp³-hybridized carbons (Fsp3) is 0.769. The number of nitrogens with zero attached hydrogens (tertiary/aromatic N) is 4. The van der Waals surface area contributed by atoms with Crippen LogP contribution in [0.5, 0.6) is 0 Å². The molecule has 2 N–H and O–H groups in total. The maximum absolute atomic E-state index is 6.23. The number of nitrogen functional groups attached to an aromatic ring is 1. The molecule has 1 saturated heterocycles. The van der Waals surface area contributed by atoms with E-state index < -0.39 is 0 Å². The fourth-order valence-electron chi connectivity index (χ4n) is 2.64. The van der Waals surface area contributed by atoms with Gasteiger partial charge in [-0.25, -0.2) is 0 Å². The second kappa shape index (κ2) is 4.46. The Balaban J connectivity index is 2.30. The van der Waals surface area contributed by atoms with Crippen molar-refractivity contribution in [1.82, 2.24) is 14.7 Å². The van der Waals surface area contributed by atoms with E-state index >= 15 is 0 Å². The molecule has 102 valence electrons. The van der Waals surface area contributed by atoms with Crippen molar-refractivity contribution < 1.29 is 0 Å². The highest BCUT2D eigenvalue weighted by Crippen LogP contribution is 2.30. The van der Waals surface area contributed by atoms with E-state index in [0.29, 0.717) is 0 Å². The summed E-state index contributed by atoms with van der Waals surface area (Å²) in [7, 11) is 4.16. The molecule has 0 atom stereocenters. The summed E-state index contributed by atoms with van der Waals surface area (Å²) in [6, 6.07) is 0. The van der Waals surface area contributed by atoms with E-state index in [9.17, 15) is 0 Å². The van der Waals surface area contributed by atoms with Crippen molar-refractivity contribution in [3.63, 3.8) is 0 Å². The van der Waals surface area contributed by atoms with Crippen molar-refractivity contribution in [3.8, 4) is 0 Å². The summed E-state index contributed by atoms with van der Waals surface area (Å²) in [4.78, 5) is 4.76. The minimum Gasteiger partial charge on any atom is -0.394 e. The molecule has 5 nitrogen and oxygen atoms in total. The molecule has 1 aromatic rings. The lowest BCUT2D eigenvalue weighted by Gasteiger charge is -2.46. The molecule has 1 aromatic heterocycles. The molecule has 0 aliphatic carbocycles. The number of nitrogens with two attached hydrogens (primary N) is 1. The summed E-state index contributed by atoms with van der Waals surface area (Å²) >= 11 is 0. The highest BCUT2D eigenvalue weighted by Gasteiger charge is 2.33. The third-order valence-electron chi connectivity index (χ3n) is 4.08. The lowest BCUT2D eigenvalue weighted by Crippen LogP contribution is -2.58. The van der Waals surface area contributed by atoms with Gasteiger partial charge in [0.15, 0.2) is 5.82 Å². The number of aromatic nitrogens is 2. The van der Waals surface area contributed by atoms with Gasteiger partial charge in [0.05, 0.1) is 11.4 Å². The van der Waals surface area contributed by atoms with Gasteiger partial charge in [0, 0.05) is 32.2 Å². The number of piperazine rings is 1. The quantitative estimate of drug-likeness (QED) is 0.855. The van der Waals surface area contributed by atoms with Gasteiger partial charge < -0.3 is 10.6 Å². The molecule has 0 amide bonds. The van der Waals surface area contributed by atoms with Gasteiger partial charge in [0.1, 0.15) is 0 Å². The number of aryl methyl sites for hydroxylation is 2. The largest absolute Gasteiger partial charge is 0.394 e. The molecule has 2 heterocycles. The monoisotopic (exact) mass is 251 g/mol. The van der Waals surface area contributed by atoms with Gasteiger partial charge in [0.25, 0.3) is 0 Å². The van der Waals surface area contributed by atoms with Crippen LogP contribution in [0.1, 0.15) is 26.5 Å². The third-order valence-corrected chi connectivity index (χ3v) is 4.08. The van der Waals surface area contributed by atoms with Crippen LogP contribution < -0.4 is 10.6 Å². The maximum Gasteiger partial charge on any atom is 0.150 e. The number of rotatable bonds is 2. The van der Waals surface area contributed by atoms with Gasteiger partial charge in [0.2, 0.25) is 0 Å². The van der Waals surface area contributed by atoms with Crippen molar-refractivity contribution in [3.05, 3.63) is 5.69 Å². The summed E-state index contributed by atoms with van der Waals surface area (Å²) in [5.74, 6) is 1.08. The number of hydrogen-bond acceptors (Lipinski definition) is 4. The zero-order chi connectivity index (χ0) is 13.5. The number of hydrogen-bond donors (Lipinski definition) is 1. The SMILES string of the molecule is CCc1nn(C)c(N2CCN(C)C(C)(C)C2)c1N. The average Bonchev–Trinajstić information content (AvgIpc) is 2.58. The minimum atomic E-state index is 0.168.